The first-order valence-electron chi connectivity index (χ1n) is 6.58. The van der Waals surface area contributed by atoms with E-state index < -0.39 is 0 Å². The summed E-state index contributed by atoms with van der Waals surface area (Å²) in [5.41, 5.74) is 1.30. The molecule has 0 atom stereocenters. The molecule has 1 aliphatic heterocycles. The number of allylic oxidation sites excluding steroid dienone is 1. The second-order valence-corrected chi connectivity index (χ2v) is 5.61. The van der Waals surface area contributed by atoms with Crippen LogP contribution in [0, 0.1) is 0 Å². The molecular formula is C17H13BrO4. The predicted octanol–water partition coefficient (Wildman–Crippen LogP) is 4.08. The van der Waals surface area contributed by atoms with Crippen molar-refractivity contribution in [2.24, 2.45) is 0 Å². The molecule has 0 radical (unpaired) electrons. The number of rotatable bonds is 3. The largest absolute Gasteiger partial charge is 0.496 e. The molecule has 1 aliphatic rings. The van der Waals surface area contributed by atoms with E-state index in [-0.39, 0.29) is 11.5 Å². The van der Waals surface area contributed by atoms with E-state index in [9.17, 15) is 4.79 Å². The molecule has 0 aliphatic carbocycles. The fourth-order valence-corrected chi connectivity index (χ4v) is 2.51. The minimum absolute atomic E-state index is 0.197. The van der Waals surface area contributed by atoms with Gasteiger partial charge in [0.25, 0.3) is 0 Å². The lowest BCUT2D eigenvalue weighted by Gasteiger charge is -2.07. The van der Waals surface area contributed by atoms with E-state index in [1.165, 1.54) is 7.11 Å². The van der Waals surface area contributed by atoms with Crippen molar-refractivity contribution < 1.29 is 19.0 Å². The molecule has 4 nitrogen and oxygen atoms in total. The van der Waals surface area contributed by atoms with Crippen LogP contribution in [0.3, 0.4) is 0 Å². The lowest BCUT2D eigenvalue weighted by atomic mass is 10.1. The second-order valence-electron chi connectivity index (χ2n) is 4.69. The second kappa shape index (κ2) is 5.85. The van der Waals surface area contributed by atoms with E-state index in [1.54, 1.807) is 25.3 Å². The van der Waals surface area contributed by atoms with Gasteiger partial charge in [0.05, 0.1) is 14.2 Å². The third-order valence-electron chi connectivity index (χ3n) is 3.33. The summed E-state index contributed by atoms with van der Waals surface area (Å²) in [4.78, 5) is 12.5. The highest BCUT2D eigenvalue weighted by atomic mass is 79.9. The number of halogens is 1. The number of hydrogen-bond acceptors (Lipinski definition) is 4. The Morgan fingerprint density at radius 1 is 1.09 bits per heavy atom. The van der Waals surface area contributed by atoms with Crippen LogP contribution in [-0.4, -0.2) is 20.0 Å². The minimum Gasteiger partial charge on any atom is -0.496 e. The van der Waals surface area contributed by atoms with E-state index in [0.717, 1.165) is 10.0 Å². The predicted molar refractivity (Wildman–Crippen MR) is 86.6 cm³/mol. The van der Waals surface area contributed by atoms with Crippen molar-refractivity contribution in [3.8, 4) is 17.2 Å². The van der Waals surface area contributed by atoms with Crippen molar-refractivity contribution in [2.75, 3.05) is 14.2 Å². The van der Waals surface area contributed by atoms with Crippen molar-refractivity contribution in [3.63, 3.8) is 0 Å². The lowest BCUT2D eigenvalue weighted by molar-refractivity contribution is 0.101. The maximum Gasteiger partial charge on any atom is 0.235 e. The van der Waals surface area contributed by atoms with Gasteiger partial charge in [-0.2, -0.15) is 0 Å². The zero-order valence-electron chi connectivity index (χ0n) is 12.1. The number of methoxy groups -OCH3 is 2. The van der Waals surface area contributed by atoms with Crippen LogP contribution in [0.1, 0.15) is 15.9 Å². The number of Topliss-reactive ketones (excluding diaryl/α,β-unsaturated/α-hetero) is 1. The third kappa shape index (κ3) is 2.60. The Bertz CT molecular complexity index is 763. The van der Waals surface area contributed by atoms with Gasteiger partial charge in [-0.15, -0.1) is 0 Å². The molecular weight excluding hydrogens is 348 g/mol. The normalized spacial score (nSPS) is 14.7. The molecule has 0 saturated heterocycles. The van der Waals surface area contributed by atoms with Gasteiger partial charge in [0, 0.05) is 16.6 Å². The summed E-state index contributed by atoms with van der Waals surface area (Å²) in [6, 6.07) is 11.0. The van der Waals surface area contributed by atoms with Crippen molar-refractivity contribution in [3.05, 3.63) is 57.8 Å². The number of fused-ring (bicyclic) bond motifs is 1. The van der Waals surface area contributed by atoms with E-state index in [2.05, 4.69) is 15.9 Å². The Balaban J connectivity index is 2.02. The Hall–Kier alpha value is -2.27. The van der Waals surface area contributed by atoms with E-state index in [1.807, 2.05) is 24.3 Å². The Morgan fingerprint density at radius 3 is 2.45 bits per heavy atom. The molecule has 0 unspecified atom stereocenters. The zero-order chi connectivity index (χ0) is 15.7. The molecule has 3 rings (SSSR count). The Labute approximate surface area is 136 Å². The summed E-state index contributed by atoms with van der Waals surface area (Å²) in [7, 11) is 3.06. The standard InChI is InChI=1S/C17H13BrO4/c1-20-12-8-13(21-2)16-14(9-12)22-15(17(16)19)7-10-3-5-11(18)6-4-10/h3-9H,1-2H3/b15-7-. The molecule has 0 saturated carbocycles. The van der Waals surface area contributed by atoms with E-state index in [4.69, 9.17) is 14.2 Å². The van der Waals surface area contributed by atoms with Crippen LogP contribution in [0.15, 0.2) is 46.6 Å². The molecule has 0 bridgehead atoms. The first kappa shape index (κ1) is 14.7. The molecule has 0 spiro atoms. The van der Waals surface area contributed by atoms with Crippen LogP contribution >= 0.6 is 15.9 Å². The molecule has 1 heterocycles. The fourth-order valence-electron chi connectivity index (χ4n) is 2.24. The van der Waals surface area contributed by atoms with Crippen molar-refractivity contribution in [1.29, 1.82) is 0 Å². The summed E-state index contributed by atoms with van der Waals surface area (Å²) in [6.45, 7) is 0. The van der Waals surface area contributed by atoms with Gasteiger partial charge in [-0.1, -0.05) is 28.1 Å². The number of ketones is 1. The number of ether oxygens (including phenoxy) is 3. The summed E-state index contributed by atoms with van der Waals surface area (Å²) >= 11 is 3.38. The zero-order valence-corrected chi connectivity index (χ0v) is 13.6. The molecule has 0 fully saturated rings. The maximum atomic E-state index is 12.5. The first-order chi connectivity index (χ1) is 10.6. The highest BCUT2D eigenvalue weighted by molar-refractivity contribution is 9.10. The molecule has 112 valence electrons. The average Bonchev–Trinajstić information content (AvgIpc) is 2.85. The van der Waals surface area contributed by atoms with Crippen LogP contribution in [-0.2, 0) is 0 Å². The Morgan fingerprint density at radius 2 is 1.82 bits per heavy atom. The van der Waals surface area contributed by atoms with Gasteiger partial charge in [0.15, 0.2) is 5.76 Å². The highest BCUT2D eigenvalue weighted by Gasteiger charge is 2.32. The van der Waals surface area contributed by atoms with E-state index in [0.29, 0.717) is 22.8 Å². The van der Waals surface area contributed by atoms with Crippen molar-refractivity contribution in [2.45, 2.75) is 0 Å². The average molecular weight is 361 g/mol. The number of benzene rings is 2. The van der Waals surface area contributed by atoms with Gasteiger partial charge in [-0.3, -0.25) is 4.79 Å². The molecule has 0 N–H and O–H groups in total. The van der Waals surface area contributed by atoms with Crippen LogP contribution < -0.4 is 14.2 Å². The summed E-state index contributed by atoms with van der Waals surface area (Å²) in [6.07, 6.45) is 1.71. The van der Waals surface area contributed by atoms with Gasteiger partial charge in [-0.25, -0.2) is 0 Å². The molecule has 5 heteroatoms. The first-order valence-corrected chi connectivity index (χ1v) is 7.37. The van der Waals surface area contributed by atoms with Crippen LogP contribution in [0.5, 0.6) is 17.2 Å². The van der Waals surface area contributed by atoms with Gasteiger partial charge >= 0.3 is 0 Å². The van der Waals surface area contributed by atoms with Crippen LogP contribution in [0.25, 0.3) is 6.08 Å². The molecule has 0 amide bonds. The highest BCUT2D eigenvalue weighted by Crippen LogP contribution is 2.41. The SMILES string of the molecule is COc1cc(OC)c2c(c1)O/C(=C\c1ccc(Br)cc1)C2=O. The molecule has 2 aromatic carbocycles. The minimum atomic E-state index is -0.197. The maximum absolute atomic E-state index is 12.5. The summed E-state index contributed by atoms with van der Waals surface area (Å²) < 4.78 is 17.1. The fraction of sp³-hybridized carbons (Fsp3) is 0.118. The van der Waals surface area contributed by atoms with Gasteiger partial charge in [0.2, 0.25) is 5.78 Å². The molecule has 0 aromatic heterocycles. The number of carbonyl (C=O) groups excluding carboxylic acids is 1. The molecule has 2 aromatic rings. The quantitative estimate of drug-likeness (QED) is 0.773. The van der Waals surface area contributed by atoms with Crippen LogP contribution in [0.2, 0.25) is 0 Å². The monoisotopic (exact) mass is 360 g/mol. The molecule has 22 heavy (non-hydrogen) atoms. The van der Waals surface area contributed by atoms with Gasteiger partial charge in [0.1, 0.15) is 22.8 Å². The van der Waals surface area contributed by atoms with E-state index >= 15 is 0 Å². The number of carbonyl (C=O) groups is 1. The smallest absolute Gasteiger partial charge is 0.235 e. The topological polar surface area (TPSA) is 44.8 Å². The summed E-state index contributed by atoms with van der Waals surface area (Å²) in [5, 5.41) is 0. The van der Waals surface area contributed by atoms with Gasteiger partial charge < -0.3 is 14.2 Å². The lowest BCUT2D eigenvalue weighted by Crippen LogP contribution is -2.00. The van der Waals surface area contributed by atoms with Crippen molar-refractivity contribution >= 4 is 27.8 Å². The number of hydrogen-bond donors (Lipinski definition) is 0. The van der Waals surface area contributed by atoms with Crippen molar-refractivity contribution in [1.82, 2.24) is 0 Å². The summed E-state index contributed by atoms with van der Waals surface area (Å²) in [5.74, 6) is 1.54. The third-order valence-corrected chi connectivity index (χ3v) is 3.86. The van der Waals surface area contributed by atoms with Crippen LogP contribution in [0.4, 0.5) is 0 Å². The Kier molecular flexibility index (Phi) is 3.90. The van der Waals surface area contributed by atoms with Gasteiger partial charge in [-0.05, 0) is 23.8 Å².